The molecule has 6 heteroatoms. The molecular weight excluding hydrogens is 333 g/mol. The van der Waals surface area contributed by atoms with Gasteiger partial charge in [0.1, 0.15) is 5.82 Å². The van der Waals surface area contributed by atoms with E-state index in [1.807, 2.05) is 6.92 Å². The summed E-state index contributed by atoms with van der Waals surface area (Å²) in [5.74, 6) is -0.559. The number of nitrogens with zero attached hydrogens (tertiary/aromatic N) is 2. The van der Waals surface area contributed by atoms with E-state index >= 15 is 0 Å². The van der Waals surface area contributed by atoms with Crippen molar-refractivity contribution < 1.29 is 13.9 Å². The monoisotopic (exact) mass is 357 g/mol. The van der Waals surface area contributed by atoms with Crippen molar-refractivity contribution in [3.05, 3.63) is 41.3 Å². The molecule has 5 nitrogen and oxygen atoms in total. The fourth-order valence-electron chi connectivity index (χ4n) is 4.06. The van der Waals surface area contributed by atoms with E-state index in [2.05, 4.69) is 15.2 Å². The Morgan fingerprint density at radius 2 is 2.04 bits per heavy atom. The molecule has 1 N–H and O–H groups in total. The minimum atomic E-state index is -0.368. The van der Waals surface area contributed by atoms with Crippen LogP contribution in [0.3, 0.4) is 0 Å². The molecule has 138 valence electrons. The van der Waals surface area contributed by atoms with E-state index in [4.69, 9.17) is 4.74 Å². The van der Waals surface area contributed by atoms with E-state index in [0.717, 1.165) is 18.8 Å². The summed E-state index contributed by atoms with van der Waals surface area (Å²) in [6.45, 7) is 5.12. The molecule has 0 bridgehead atoms. The molecule has 3 heterocycles. The molecule has 2 aromatic rings. The fourth-order valence-corrected chi connectivity index (χ4v) is 4.06. The number of amides is 1. The number of benzene rings is 1. The van der Waals surface area contributed by atoms with Crippen LogP contribution in [-0.4, -0.2) is 54.2 Å². The minimum absolute atomic E-state index is 0.0438. The number of carbonyl (C=O) groups excluding carboxylic acids is 1. The Balaban J connectivity index is 1.58. The van der Waals surface area contributed by atoms with Crippen molar-refractivity contribution in [3.63, 3.8) is 0 Å². The Bertz CT molecular complexity index is 820. The smallest absolute Gasteiger partial charge is 0.252 e. The standard InChI is InChI=1S/C20H24FN3O2/c1-13-9-16(15-10-14(21)5-6-17(15)22-13)20(25)23-18-11-26-12-19(18)24-7-3-2-4-8-24/h5-6,9-10,18-19H,2-4,7-8,11-12H2,1H3,(H,23,25)/t18-,19-/m1/s1. The first-order valence-electron chi connectivity index (χ1n) is 9.31. The van der Waals surface area contributed by atoms with Gasteiger partial charge in [-0.1, -0.05) is 6.42 Å². The predicted molar refractivity (Wildman–Crippen MR) is 97.7 cm³/mol. The highest BCUT2D eigenvalue weighted by molar-refractivity contribution is 6.06. The van der Waals surface area contributed by atoms with Crippen LogP contribution in [0, 0.1) is 12.7 Å². The third kappa shape index (κ3) is 3.44. The minimum Gasteiger partial charge on any atom is -0.378 e. The Hall–Kier alpha value is -2.05. The van der Waals surface area contributed by atoms with Crippen molar-refractivity contribution in [2.45, 2.75) is 38.3 Å². The number of ether oxygens (including phenoxy) is 1. The summed E-state index contributed by atoms with van der Waals surface area (Å²) in [4.78, 5) is 19.8. The van der Waals surface area contributed by atoms with E-state index in [1.54, 1.807) is 12.1 Å². The van der Waals surface area contributed by atoms with Gasteiger partial charge in [0, 0.05) is 11.1 Å². The van der Waals surface area contributed by atoms with Crippen LogP contribution < -0.4 is 5.32 Å². The molecule has 2 aliphatic heterocycles. The zero-order chi connectivity index (χ0) is 18.1. The fraction of sp³-hybridized carbons (Fsp3) is 0.500. The SMILES string of the molecule is Cc1cc(C(=O)N[C@@H]2COC[C@H]2N2CCCCC2)c2cc(F)ccc2n1. The van der Waals surface area contributed by atoms with Crippen LogP contribution in [-0.2, 0) is 4.74 Å². The second-order valence-electron chi connectivity index (χ2n) is 7.25. The lowest BCUT2D eigenvalue weighted by atomic mass is 10.0. The van der Waals surface area contributed by atoms with E-state index in [0.29, 0.717) is 29.7 Å². The van der Waals surface area contributed by atoms with Gasteiger partial charge in [0.15, 0.2) is 0 Å². The number of pyridine rings is 1. The third-order valence-electron chi connectivity index (χ3n) is 5.37. The molecule has 0 aliphatic carbocycles. The molecule has 1 aromatic heterocycles. The largest absolute Gasteiger partial charge is 0.378 e. The molecule has 1 amide bonds. The van der Waals surface area contributed by atoms with Gasteiger partial charge in [0.25, 0.3) is 5.91 Å². The van der Waals surface area contributed by atoms with Crippen LogP contribution in [0.1, 0.15) is 35.3 Å². The van der Waals surface area contributed by atoms with E-state index in [1.165, 1.54) is 31.4 Å². The van der Waals surface area contributed by atoms with E-state index < -0.39 is 0 Å². The molecule has 2 fully saturated rings. The van der Waals surface area contributed by atoms with E-state index in [-0.39, 0.29) is 23.8 Å². The number of nitrogens with one attached hydrogen (secondary N) is 1. The molecule has 0 radical (unpaired) electrons. The van der Waals surface area contributed by atoms with Gasteiger partial charge >= 0.3 is 0 Å². The summed E-state index contributed by atoms with van der Waals surface area (Å²) < 4.78 is 19.4. The Labute approximate surface area is 152 Å². The van der Waals surface area contributed by atoms with Crippen LogP contribution >= 0.6 is 0 Å². The van der Waals surface area contributed by atoms with Crippen LogP contribution in [0.25, 0.3) is 10.9 Å². The van der Waals surface area contributed by atoms with Crippen molar-refractivity contribution in [2.75, 3.05) is 26.3 Å². The average Bonchev–Trinajstić information content (AvgIpc) is 3.10. The molecule has 2 atom stereocenters. The van der Waals surface area contributed by atoms with Crippen LogP contribution in [0.5, 0.6) is 0 Å². The van der Waals surface area contributed by atoms with Crippen LogP contribution in [0.2, 0.25) is 0 Å². The summed E-state index contributed by atoms with van der Waals surface area (Å²) in [5.41, 5.74) is 1.84. The number of halogens is 1. The van der Waals surface area contributed by atoms with Crippen molar-refractivity contribution in [1.82, 2.24) is 15.2 Å². The van der Waals surface area contributed by atoms with E-state index in [9.17, 15) is 9.18 Å². The average molecular weight is 357 g/mol. The van der Waals surface area contributed by atoms with Gasteiger partial charge in [-0.25, -0.2) is 4.39 Å². The first-order chi connectivity index (χ1) is 12.6. The number of hydrogen-bond acceptors (Lipinski definition) is 4. The molecule has 0 saturated carbocycles. The van der Waals surface area contributed by atoms with Crippen molar-refractivity contribution in [1.29, 1.82) is 0 Å². The quantitative estimate of drug-likeness (QED) is 0.918. The number of likely N-dealkylation sites (tertiary alicyclic amines) is 1. The number of fused-ring (bicyclic) bond motifs is 1. The number of carbonyl (C=O) groups is 1. The highest BCUT2D eigenvalue weighted by Crippen LogP contribution is 2.22. The zero-order valence-electron chi connectivity index (χ0n) is 15.0. The highest BCUT2D eigenvalue weighted by atomic mass is 19.1. The zero-order valence-corrected chi connectivity index (χ0v) is 15.0. The molecule has 1 aromatic carbocycles. The summed E-state index contributed by atoms with van der Waals surface area (Å²) in [7, 11) is 0. The van der Waals surface area contributed by atoms with Crippen LogP contribution in [0.4, 0.5) is 4.39 Å². The van der Waals surface area contributed by atoms with Crippen molar-refractivity contribution in [2.24, 2.45) is 0 Å². The third-order valence-corrected chi connectivity index (χ3v) is 5.37. The topological polar surface area (TPSA) is 54.5 Å². The summed E-state index contributed by atoms with van der Waals surface area (Å²) in [5, 5.41) is 3.67. The molecular formula is C20H24FN3O2. The number of aromatic nitrogens is 1. The van der Waals surface area contributed by atoms with Gasteiger partial charge in [-0.15, -0.1) is 0 Å². The van der Waals surface area contributed by atoms with Gasteiger partial charge in [0.05, 0.1) is 36.4 Å². The summed E-state index contributed by atoms with van der Waals surface area (Å²) in [6.07, 6.45) is 3.67. The summed E-state index contributed by atoms with van der Waals surface area (Å²) >= 11 is 0. The lowest BCUT2D eigenvalue weighted by Gasteiger charge is -2.34. The van der Waals surface area contributed by atoms with Gasteiger partial charge in [-0.05, 0) is 57.1 Å². The van der Waals surface area contributed by atoms with Crippen molar-refractivity contribution in [3.8, 4) is 0 Å². The molecule has 2 saturated heterocycles. The molecule has 0 unspecified atom stereocenters. The first-order valence-corrected chi connectivity index (χ1v) is 9.31. The molecule has 0 spiro atoms. The summed E-state index contributed by atoms with van der Waals surface area (Å²) in [6, 6.07) is 6.26. The van der Waals surface area contributed by atoms with Gasteiger partial charge in [-0.2, -0.15) is 0 Å². The second kappa shape index (κ2) is 7.29. The maximum Gasteiger partial charge on any atom is 0.252 e. The van der Waals surface area contributed by atoms with Gasteiger partial charge < -0.3 is 10.1 Å². The Kier molecular flexibility index (Phi) is 4.87. The molecule has 2 aliphatic rings. The lowest BCUT2D eigenvalue weighted by Crippen LogP contribution is -2.52. The number of aryl methyl sites for hydroxylation is 1. The van der Waals surface area contributed by atoms with Gasteiger partial charge in [-0.3, -0.25) is 14.7 Å². The molecule has 26 heavy (non-hydrogen) atoms. The van der Waals surface area contributed by atoms with Gasteiger partial charge in [0.2, 0.25) is 0 Å². The Morgan fingerprint density at radius 3 is 2.85 bits per heavy atom. The number of piperidine rings is 1. The number of rotatable bonds is 3. The normalized spacial score (nSPS) is 24.1. The van der Waals surface area contributed by atoms with Crippen molar-refractivity contribution >= 4 is 16.8 Å². The Morgan fingerprint density at radius 1 is 1.23 bits per heavy atom. The second-order valence-corrected chi connectivity index (χ2v) is 7.25. The maximum atomic E-state index is 13.7. The maximum absolute atomic E-state index is 13.7. The van der Waals surface area contributed by atoms with Crippen LogP contribution in [0.15, 0.2) is 24.3 Å². The first kappa shape index (κ1) is 17.4. The highest BCUT2D eigenvalue weighted by Gasteiger charge is 2.35. The molecule has 4 rings (SSSR count). The lowest BCUT2D eigenvalue weighted by molar-refractivity contribution is 0.0901. The predicted octanol–water partition coefficient (Wildman–Crippen LogP) is 2.67. The number of hydrogen-bond donors (Lipinski definition) is 1.